The van der Waals surface area contributed by atoms with Crippen molar-refractivity contribution in [2.24, 2.45) is 0 Å². The zero-order chi connectivity index (χ0) is 15.0. The molecule has 0 heterocycles. The molecular weight excluding hydrogens is 278 g/mol. The van der Waals surface area contributed by atoms with Gasteiger partial charge in [-0.15, -0.1) is 0 Å². The van der Waals surface area contributed by atoms with E-state index in [0.717, 1.165) is 30.4 Å². The average molecular weight is 298 g/mol. The van der Waals surface area contributed by atoms with Crippen molar-refractivity contribution in [1.82, 2.24) is 0 Å². The van der Waals surface area contributed by atoms with Crippen LogP contribution in [0, 0.1) is 0 Å². The van der Waals surface area contributed by atoms with E-state index < -0.39 is 5.97 Å². The van der Waals surface area contributed by atoms with E-state index >= 15 is 0 Å². The highest BCUT2D eigenvalue weighted by atomic mass is 35.5. The largest absolute Gasteiger partial charge is 0.478 e. The van der Waals surface area contributed by atoms with Gasteiger partial charge < -0.3 is 14.7 Å². The minimum Gasteiger partial charge on any atom is -0.478 e. The molecular formula is C15H20ClNO3. The minimum atomic E-state index is -0.975. The fourth-order valence-electron chi connectivity index (χ4n) is 1.82. The molecule has 0 aliphatic heterocycles. The molecule has 0 saturated carbocycles. The predicted molar refractivity (Wildman–Crippen MR) is 82.5 cm³/mol. The van der Waals surface area contributed by atoms with Gasteiger partial charge in [0, 0.05) is 25.8 Å². The number of hydrogen-bond acceptors (Lipinski definition) is 3. The summed E-state index contributed by atoms with van der Waals surface area (Å²) in [5, 5.41) is 9.21. The number of rotatable bonds is 8. The van der Waals surface area contributed by atoms with Crippen LogP contribution in [-0.2, 0) is 9.53 Å². The van der Waals surface area contributed by atoms with Crippen LogP contribution in [0.2, 0.25) is 5.02 Å². The van der Waals surface area contributed by atoms with E-state index in [-0.39, 0.29) is 0 Å². The second kappa shape index (κ2) is 8.61. The standard InChI is InChI=1S/C15H20ClNO3/c1-3-17(9-10-20-4-2)14-7-5-12(11-13(14)16)6-8-15(18)19/h5-8,11H,3-4,9-10H2,1-2H3,(H,18,19)/b8-6+. The Labute approximate surface area is 124 Å². The summed E-state index contributed by atoms with van der Waals surface area (Å²) in [6.45, 7) is 6.98. The third kappa shape index (κ3) is 5.23. The number of nitrogens with zero attached hydrogens (tertiary/aromatic N) is 1. The van der Waals surface area contributed by atoms with Crippen molar-refractivity contribution in [3.8, 4) is 0 Å². The van der Waals surface area contributed by atoms with E-state index in [0.29, 0.717) is 18.2 Å². The highest BCUT2D eigenvalue weighted by Gasteiger charge is 2.08. The van der Waals surface area contributed by atoms with Gasteiger partial charge in [-0.05, 0) is 37.6 Å². The zero-order valence-corrected chi connectivity index (χ0v) is 12.6. The molecule has 0 aliphatic carbocycles. The number of halogens is 1. The predicted octanol–water partition coefficient (Wildman–Crippen LogP) is 3.30. The summed E-state index contributed by atoms with van der Waals surface area (Å²) in [6.07, 6.45) is 2.62. The van der Waals surface area contributed by atoms with Crippen LogP contribution in [0.1, 0.15) is 19.4 Å². The van der Waals surface area contributed by atoms with Gasteiger partial charge in [0.05, 0.1) is 17.3 Å². The lowest BCUT2D eigenvalue weighted by Gasteiger charge is -2.24. The van der Waals surface area contributed by atoms with E-state index in [2.05, 4.69) is 11.8 Å². The number of carboxylic acids is 1. The number of hydrogen-bond donors (Lipinski definition) is 1. The Hall–Kier alpha value is -1.52. The molecule has 1 N–H and O–H groups in total. The summed E-state index contributed by atoms with van der Waals surface area (Å²) >= 11 is 6.27. The second-order valence-electron chi connectivity index (χ2n) is 4.16. The van der Waals surface area contributed by atoms with Gasteiger partial charge in [0.25, 0.3) is 0 Å². The zero-order valence-electron chi connectivity index (χ0n) is 11.8. The Kier molecular flexibility index (Phi) is 7.12. The molecule has 1 rings (SSSR count). The third-order valence-electron chi connectivity index (χ3n) is 2.82. The van der Waals surface area contributed by atoms with Crippen molar-refractivity contribution >= 4 is 29.3 Å². The first kappa shape index (κ1) is 16.5. The summed E-state index contributed by atoms with van der Waals surface area (Å²) in [5.74, 6) is -0.975. The number of ether oxygens (including phenoxy) is 1. The first-order valence-corrected chi connectivity index (χ1v) is 6.99. The number of likely N-dealkylation sites (N-methyl/N-ethyl adjacent to an activating group) is 1. The third-order valence-corrected chi connectivity index (χ3v) is 3.12. The van der Waals surface area contributed by atoms with Crippen LogP contribution in [0.5, 0.6) is 0 Å². The summed E-state index contributed by atoms with van der Waals surface area (Å²) in [6, 6.07) is 5.52. The molecule has 0 saturated heterocycles. The van der Waals surface area contributed by atoms with Crippen molar-refractivity contribution in [1.29, 1.82) is 0 Å². The fourth-order valence-corrected chi connectivity index (χ4v) is 2.13. The lowest BCUT2D eigenvalue weighted by Crippen LogP contribution is -2.27. The molecule has 0 aliphatic rings. The molecule has 1 aromatic rings. The van der Waals surface area contributed by atoms with Crippen LogP contribution < -0.4 is 4.90 Å². The molecule has 0 fully saturated rings. The Morgan fingerprint density at radius 3 is 2.75 bits per heavy atom. The minimum absolute atomic E-state index is 0.607. The van der Waals surface area contributed by atoms with Gasteiger partial charge in [-0.1, -0.05) is 17.7 Å². The first-order valence-electron chi connectivity index (χ1n) is 6.61. The van der Waals surface area contributed by atoms with Crippen LogP contribution in [0.4, 0.5) is 5.69 Å². The van der Waals surface area contributed by atoms with E-state index in [1.54, 1.807) is 6.07 Å². The van der Waals surface area contributed by atoms with Crippen molar-refractivity contribution < 1.29 is 14.6 Å². The van der Waals surface area contributed by atoms with E-state index in [4.69, 9.17) is 21.4 Å². The highest BCUT2D eigenvalue weighted by molar-refractivity contribution is 6.33. The number of anilines is 1. The number of carboxylic acid groups (broad SMARTS) is 1. The van der Waals surface area contributed by atoms with Crippen molar-refractivity contribution in [2.45, 2.75) is 13.8 Å². The van der Waals surface area contributed by atoms with Gasteiger partial charge in [-0.2, -0.15) is 0 Å². The molecule has 20 heavy (non-hydrogen) atoms. The Morgan fingerprint density at radius 1 is 1.45 bits per heavy atom. The molecule has 0 unspecified atom stereocenters. The Bertz CT molecular complexity index is 474. The van der Waals surface area contributed by atoms with Crippen LogP contribution in [-0.4, -0.2) is 37.4 Å². The maximum Gasteiger partial charge on any atom is 0.328 e. The molecule has 0 amide bonds. The second-order valence-corrected chi connectivity index (χ2v) is 4.57. The summed E-state index contributed by atoms with van der Waals surface area (Å²) in [4.78, 5) is 12.6. The van der Waals surface area contributed by atoms with Crippen LogP contribution in [0.15, 0.2) is 24.3 Å². The monoisotopic (exact) mass is 297 g/mol. The summed E-state index contributed by atoms with van der Waals surface area (Å²) in [5.41, 5.74) is 1.70. The number of aliphatic carboxylic acids is 1. The van der Waals surface area contributed by atoms with Gasteiger partial charge in [-0.25, -0.2) is 4.79 Å². The van der Waals surface area contributed by atoms with Gasteiger partial charge in [0.15, 0.2) is 0 Å². The van der Waals surface area contributed by atoms with Gasteiger partial charge >= 0.3 is 5.97 Å². The number of benzene rings is 1. The quantitative estimate of drug-likeness (QED) is 0.591. The van der Waals surface area contributed by atoms with E-state index in [1.165, 1.54) is 6.08 Å². The molecule has 1 aromatic carbocycles. The maximum absolute atomic E-state index is 10.5. The highest BCUT2D eigenvalue weighted by Crippen LogP contribution is 2.27. The smallest absolute Gasteiger partial charge is 0.328 e. The van der Waals surface area contributed by atoms with Gasteiger partial charge in [-0.3, -0.25) is 0 Å². The number of carbonyl (C=O) groups is 1. The molecule has 5 heteroatoms. The average Bonchev–Trinajstić information content (AvgIpc) is 2.42. The SMILES string of the molecule is CCOCCN(CC)c1ccc(/C=C/C(=O)O)cc1Cl. The molecule has 0 spiro atoms. The van der Waals surface area contributed by atoms with Crippen LogP contribution in [0.25, 0.3) is 6.08 Å². The fraction of sp³-hybridized carbons (Fsp3) is 0.400. The van der Waals surface area contributed by atoms with Crippen molar-refractivity contribution in [3.63, 3.8) is 0 Å². The summed E-state index contributed by atoms with van der Waals surface area (Å²) in [7, 11) is 0. The molecule has 0 atom stereocenters. The molecule has 0 radical (unpaired) electrons. The maximum atomic E-state index is 10.5. The normalized spacial score (nSPS) is 10.9. The lowest BCUT2D eigenvalue weighted by molar-refractivity contribution is -0.131. The van der Waals surface area contributed by atoms with E-state index in [1.807, 2.05) is 19.1 Å². The van der Waals surface area contributed by atoms with E-state index in [9.17, 15) is 4.79 Å². The first-order chi connectivity index (χ1) is 9.58. The molecule has 4 nitrogen and oxygen atoms in total. The Morgan fingerprint density at radius 2 is 2.20 bits per heavy atom. The molecule has 0 bridgehead atoms. The summed E-state index contributed by atoms with van der Waals surface area (Å²) < 4.78 is 5.35. The molecule has 0 aromatic heterocycles. The van der Waals surface area contributed by atoms with Crippen LogP contribution in [0.3, 0.4) is 0 Å². The van der Waals surface area contributed by atoms with Crippen molar-refractivity contribution in [3.05, 3.63) is 34.9 Å². The Balaban J connectivity index is 2.82. The lowest BCUT2D eigenvalue weighted by atomic mass is 10.1. The van der Waals surface area contributed by atoms with Gasteiger partial charge in [0.2, 0.25) is 0 Å². The van der Waals surface area contributed by atoms with Crippen LogP contribution >= 0.6 is 11.6 Å². The van der Waals surface area contributed by atoms with Crippen molar-refractivity contribution in [2.75, 3.05) is 31.2 Å². The van der Waals surface area contributed by atoms with Gasteiger partial charge in [0.1, 0.15) is 0 Å². The topological polar surface area (TPSA) is 49.8 Å². The molecule has 110 valence electrons.